The second-order valence-electron chi connectivity index (χ2n) is 12.5. The number of fused-ring (bicyclic) bond motifs is 1. The first-order valence-corrected chi connectivity index (χ1v) is 17.0. The van der Waals surface area contributed by atoms with Gasteiger partial charge in [-0.15, -0.1) is 0 Å². The second-order valence-corrected chi connectivity index (χ2v) is 12.5. The third-order valence-electron chi connectivity index (χ3n) is 8.98. The molecule has 1 amide bonds. The average Bonchev–Trinajstić information content (AvgIpc) is 3.10. The van der Waals surface area contributed by atoms with Crippen LogP contribution in [0.5, 0.6) is 0 Å². The molecule has 1 aliphatic carbocycles. The maximum Gasteiger partial charge on any atom is 0.317 e. The molecule has 18 nitrogen and oxygen atoms in total. The Hall–Kier alpha value is -4.91. The van der Waals surface area contributed by atoms with Gasteiger partial charge < -0.3 is 34.3 Å². The molecule has 1 aliphatic rings. The monoisotopic (exact) mass is 732 g/mol. The number of pyridine rings is 1. The van der Waals surface area contributed by atoms with Crippen LogP contribution in [0.3, 0.4) is 0 Å². The van der Waals surface area contributed by atoms with Gasteiger partial charge in [-0.3, -0.25) is 48.3 Å². The lowest BCUT2D eigenvalue weighted by atomic mass is 9.88. The number of hydrogen-bond acceptors (Lipinski definition) is 14. The number of carbonyl (C=O) groups is 6. The Bertz CT molecular complexity index is 1560. The molecular formula is C34H48N6O12. The molecule has 0 aliphatic heterocycles. The number of hydrogen-bond donors (Lipinski definition) is 3. The largest absolute Gasteiger partial charge is 0.480 e. The number of amides is 1. The van der Waals surface area contributed by atoms with E-state index < -0.39 is 25.0 Å². The molecule has 18 heteroatoms. The Morgan fingerprint density at radius 2 is 1.37 bits per heavy atom. The molecule has 1 saturated carbocycles. The number of nitrogens with one attached hydrogen (secondary N) is 1. The SMILES string of the molecule is CCn1c(=O)cc(C)c2ccc(NC(=O)CN(CCN(CC(=O)O)CC(=O)O)[C@H]3CCCC[C@@H]3N(CCN(COC=O)COC=O)COC=O)cc21. The van der Waals surface area contributed by atoms with E-state index in [1.165, 1.54) is 4.90 Å². The highest BCUT2D eigenvalue weighted by atomic mass is 16.6. The van der Waals surface area contributed by atoms with E-state index in [1.54, 1.807) is 27.7 Å². The summed E-state index contributed by atoms with van der Waals surface area (Å²) in [5, 5.41) is 22.7. The van der Waals surface area contributed by atoms with Crippen molar-refractivity contribution in [2.45, 2.75) is 58.2 Å². The Labute approximate surface area is 300 Å². The molecule has 3 rings (SSSR count). The molecule has 1 aromatic heterocycles. The fourth-order valence-corrected chi connectivity index (χ4v) is 6.67. The molecular weight excluding hydrogens is 684 g/mol. The quantitative estimate of drug-likeness (QED) is 0.0713. The minimum atomic E-state index is -1.20. The van der Waals surface area contributed by atoms with Gasteiger partial charge in [0, 0.05) is 61.9 Å². The van der Waals surface area contributed by atoms with Crippen LogP contribution in [0.15, 0.2) is 29.1 Å². The number of carboxylic acids is 2. The van der Waals surface area contributed by atoms with Gasteiger partial charge in [0.2, 0.25) is 5.91 Å². The molecule has 2 aromatic rings. The van der Waals surface area contributed by atoms with Gasteiger partial charge in [-0.05, 0) is 44.4 Å². The van der Waals surface area contributed by atoms with E-state index in [0.717, 1.165) is 23.8 Å². The molecule has 0 radical (unpaired) electrons. The van der Waals surface area contributed by atoms with E-state index in [9.17, 15) is 43.8 Å². The third kappa shape index (κ3) is 12.7. The highest BCUT2D eigenvalue weighted by Crippen LogP contribution is 2.28. The fourth-order valence-electron chi connectivity index (χ4n) is 6.67. The predicted octanol–water partition coefficient (Wildman–Crippen LogP) is 0.348. The number of aromatic nitrogens is 1. The smallest absolute Gasteiger partial charge is 0.317 e. The van der Waals surface area contributed by atoms with Gasteiger partial charge in [0.05, 0.1) is 25.2 Å². The van der Waals surface area contributed by atoms with Crippen LogP contribution in [0.2, 0.25) is 0 Å². The Kier molecular flexibility index (Phi) is 17.1. The van der Waals surface area contributed by atoms with Crippen molar-refractivity contribution in [3.05, 3.63) is 40.2 Å². The average molecular weight is 733 g/mol. The first-order chi connectivity index (χ1) is 25.0. The molecule has 0 spiro atoms. The van der Waals surface area contributed by atoms with Crippen molar-refractivity contribution < 1.29 is 53.2 Å². The van der Waals surface area contributed by atoms with Crippen molar-refractivity contribution in [1.82, 2.24) is 24.2 Å². The van der Waals surface area contributed by atoms with Gasteiger partial charge in [-0.2, -0.15) is 0 Å². The van der Waals surface area contributed by atoms with E-state index in [4.69, 9.17) is 14.2 Å². The summed E-state index contributed by atoms with van der Waals surface area (Å²) in [5.41, 5.74) is 1.79. The minimum absolute atomic E-state index is 0.0256. The van der Waals surface area contributed by atoms with Gasteiger partial charge in [0.25, 0.3) is 25.0 Å². The summed E-state index contributed by atoms with van der Waals surface area (Å²) in [6.07, 6.45) is 2.90. The van der Waals surface area contributed by atoms with Crippen molar-refractivity contribution in [3.63, 3.8) is 0 Å². The van der Waals surface area contributed by atoms with Gasteiger partial charge in [0.1, 0.15) is 20.2 Å². The maximum atomic E-state index is 13.8. The number of carboxylic acid groups (broad SMARTS) is 2. The number of anilines is 1. The van der Waals surface area contributed by atoms with Crippen molar-refractivity contribution in [3.8, 4) is 0 Å². The predicted molar refractivity (Wildman–Crippen MR) is 186 cm³/mol. The van der Waals surface area contributed by atoms with Gasteiger partial charge in [0.15, 0.2) is 0 Å². The Balaban J connectivity index is 1.92. The summed E-state index contributed by atoms with van der Waals surface area (Å²) in [6, 6.07) is 6.30. The normalized spacial score (nSPS) is 15.9. The molecule has 0 unspecified atom stereocenters. The molecule has 1 heterocycles. The topological polar surface area (TPSA) is 218 Å². The number of rotatable bonds is 25. The highest BCUT2D eigenvalue weighted by molar-refractivity contribution is 5.95. The summed E-state index contributed by atoms with van der Waals surface area (Å²) in [5.74, 6) is -2.78. The second kappa shape index (κ2) is 21.5. The van der Waals surface area contributed by atoms with Crippen LogP contribution in [0.4, 0.5) is 5.69 Å². The molecule has 2 atom stereocenters. The summed E-state index contributed by atoms with van der Waals surface area (Å²) in [7, 11) is 0. The first kappa shape index (κ1) is 41.5. The molecule has 3 N–H and O–H groups in total. The van der Waals surface area contributed by atoms with E-state index in [1.807, 2.05) is 29.7 Å². The zero-order chi connectivity index (χ0) is 38.0. The number of ether oxygens (including phenoxy) is 3. The van der Waals surface area contributed by atoms with Crippen LogP contribution in [0.25, 0.3) is 10.9 Å². The van der Waals surface area contributed by atoms with E-state index in [0.29, 0.717) is 37.1 Å². The van der Waals surface area contributed by atoms with E-state index in [2.05, 4.69) is 5.32 Å². The number of aliphatic carboxylic acids is 2. The summed E-state index contributed by atoms with van der Waals surface area (Å²) in [4.78, 5) is 89.1. The lowest BCUT2D eigenvalue weighted by Crippen LogP contribution is -2.57. The standard InChI is InChI=1S/C34H48N6O12/c1-3-40-30-15-26(8-9-27(30)25(2)14-32(40)45)35-31(44)16-38(12-10-36(17-33(46)47)18-34(48)49)28-6-4-5-7-29(28)39(21-52-24-43)13-11-37(19-50-22-41)20-51-23-42/h8-9,14-15,22-24,28-29H,3-7,10-13,16-21H2,1-2H3,(H,35,44)(H,46,47)(H,48,49)/t28-,29-/m0/s1. The maximum absolute atomic E-state index is 13.8. The van der Waals surface area contributed by atoms with Gasteiger partial charge >= 0.3 is 11.9 Å². The van der Waals surface area contributed by atoms with E-state index >= 15 is 0 Å². The summed E-state index contributed by atoms with van der Waals surface area (Å²) in [6.45, 7) is 4.05. The Morgan fingerprint density at radius 1 is 0.808 bits per heavy atom. The Morgan fingerprint density at radius 3 is 1.94 bits per heavy atom. The molecule has 52 heavy (non-hydrogen) atoms. The summed E-state index contributed by atoms with van der Waals surface area (Å²) < 4.78 is 16.5. The molecule has 0 saturated heterocycles. The highest BCUT2D eigenvalue weighted by Gasteiger charge is 2.36. The third-order valence-corrected chi connectivity index (χ3v) is 8.98. The molecule has 286 valence electrons. The first-order valence-electron chi connectivity index (χ1n) is 17.0. The fraction of sp³-hybridized carbons (Fsp3) is 0.559. The lowest BCUT2D eigenvalue weighted by Gasteiger charge is -2.45. The lowest BCUT2D eigenvalue weighted by molar-refractivity contribution is -0.144. The van der Waals surface area contributed by atoms with Crippen molar-refractivity contribution in [2.75, 3.05) is 71.3 Å². The number of benzene rings is 1. The van der Waals surface area contributed by atoms with Crippen LogP contribution < -0.4 is 10.9 Å². The van der Waals surface area contributed by atoms with Gasteiger partial charge in [-0.25, -0.2) is 4.90 Å². The molecule has 1 aromatic carbocycles. The van der Waals surface area contributed by atoms with Gasteiger partial charge in [-0.1, -0.05) is 18.9 Å². The summed E-state index contributed by atoms with van der Waals surface area (Å²) >= 11 is 0. The van der Waals surface area contributed by atoms with E-state index in [-0.39, 0.29) is 89.4 Å². The van der Waals surface area contributed by atoms with Crippen molar-refractivity contribution >= 4 is 53.9 Å². The van der Waals surface area contributed by atoms with Crippen molar-refractivity contribution in [1.29, 1.82) is 0 Å². The zero-order valence-corrected chi connectivity index (χ0v) is 29.5. The van der Waals surface area contributed by atoms with Crippen molar-refractivity contribution in [2.24, 2.45) is 0 Å². The number of nitrogens with zero attached hydrogens (tertiary/aromatic N) is 5. The van der Waals surface area contributed by atoms with Crippen LogP contribution in [0.1, 0.15) is 38.2 Å². The number of carbonyl (C=O) groups excluding carboxylic acids is 4. The van der Waals surface area contributed by atoms with Crippen LogP contribution in [0, 0.1) is 6.92 Å². The molecule has 0 bridgehead atoms. The number of aryl methyl sites for hydroxylation is 2. The van der Waals surface area contributed by atoms with Crippen LogP contribution in [-0.4, -0.2) is 150 Å². The van der Waals surface area contributed by atoms with Crippen LogP contribution in [-0.2, 0) is 49.5 Å². The zero-order valence-electron chi connectivity index (χ0n) is 29.5. The molecule has 1 fully saturated rings. The van der Waals surface area contributed by atoms with Crippen LogP contribution >= 0.6 is 0 Å². The minimum Gasteiger partial charge on any atom is -0.480 e.